The van der Waals surface area contributed by atoms with Gasteiger partial charge < -0.3 is 50.9 Å². The lowest BCUT2D eigenvalue weighted by Gasteiger charge is -2.30. The van der Waals surface area contributed by atoms with Gasteiger partial charge in [-0.25, -0.2) is 28.6 Å². The fourth-order valence-electron chi connectivity index (χ4n) is 5.24. The van der Waals surface area contributed by atoms with Crippen molar-refractivity contribution in [1.82, 2.24) is 30.2 Å². The summed E-state index contributed by atoms with van der Waals surface area (Å²) in [4.78, 5) is 87.7. The van der Waals surface area contributed by atoms with Gasteiger partial charge in [0.25, 0.3) is 0 Å². The van der Waals surface area contributed by atoms with E-state index >= 15 is 0 Å². The first kappa shape index (κ1) is 50.4. The lowest BCUT2D eigenvalue weighted by molar-refractivity contribution is -0.137. The van der Waals surface area contributed by atoms with Crippen LogP contribution in [0.15, 0.2) is 12.7 Å². The Morgan fingerprint density at radius 2 is 1.74 bits per heavy atom. The zero-order valence-electron chi connectivity index (χ0n) is 31.6. The van der Waals surface area contributed by atoms with Crippen molar-refractivity contribution in [1.29, 1.82) is 0 Å². The molecule has 8 atom stereocenters. The fraction of sp³-hybridized carbons (Fsp3) is 0.724. The van der Waals surface area contributed by atoms with E-state index in [1.54, 1.807) is 0 Å². The normalized spacial score (nSPS) is 21.9. The van der Waals surface area contributed by atoms with Gasteiger partial charge in [-0.15, -0.1) is 0 Å². The SMILES string of the molecule is CCCCCCC(Br)C(=O)SCCNC(=O)CCNC(=O)[C@H](O)C(C)(C)COP(=O)(O)OP(=O)(O)OC[C@H]1O[C@@H](n2cnc3c(N)ncnc32)[C@H](O)[C@@H]1OP(=O)(O)O. The van der Waals surface area contributed by atoms with Gasteiger partial charge in [0.2, 0.25) is 16.9 Å². The van der Waals surface area contributed by atoms with E-state index in [0.717, 1.165) is 61.1 Å². The highest BCUT2D eigenvalue weighted by molar-refractivity contribution is 9.10. The number of ether oxygens (including phenoxy) is 1. The second kappa shape index (κ2) is 22.2. The number of aliphatic hydroxyl groups excluding tert-OH is 2. The summed E-state index contributed by atoms with van der Waals surface area (Å²) in [5, 5.41) is 26.4. The van der Waals surface area contributed by atoms with Crippen LogP contribution in [0, 0.1) is 5.41 Å². The maximum absolute atomic E-state index is 12.7. The monoisotopic (exact) mass is 971 g/mol. The van der Waals surface area contributed by atoms with Crippen LogP contribution in [0.25, 0.3) is 11.2 Å². The molecule has 10 N–H and O–H groups in total. The second-order valence-electron chi connectivity index (χ2n) is 13.6. The first-order chi connectivity index (χ1) is 27.0. The lowest BCUT2D eigenvalue weighted by atomic mass is 9.87. The largest absolute Gasteiger partial charge is 0.481 e. The molecule has 1 aliphatic rings. The van der Waals surface area contributed by atoms with Gasteiger partial charge in [0.15, 0.2) is 17.7 Å². The van der Waals surface area contributed by atoms with Crippen molar-refractivity contribution in [2.24, 2.45) is 5.41 Å². The van der Waals surface area contributed by atoms with Crippen LogP contribution in [0.5, 0.6) is 0 Å². The summed E-state index contributed by atoms with van der Waals surface area (Å²) in [5.74, 6) is -1.09. The van der Waals surface area contributed by atoms with Crippen molar-refractivity contribution in [2.75, 3.05) is 37.8 Å². The summed E-state index contributed by atoms with van der Waals surface area (Å²) in [6, 6.07) is 0. The molecule has 3 heterocycles. The zero-order chi connectivity index (χ0) is 43.5. The Balaban J connectivity index is 1.45. The van der Waals surface area contributed by atoms with Crippen molar-refractivity contribution in [3.63, 3.8) is 0 Å². The number of rotatable bonds is 25. The van der Waals surface area contributed by atoms with Gasteiger partial charge in [0, 0.05) is 30.7 Å². The number of halogens is 1. The number of phosphoric acid groups is 3. The molecule has 3 unspecified atom stereocenters. The Labute approximate surface area is 345 Å². The number of phosphoric ester groups is 3. The van der Waals surface area contributed by atoms with Gasteiger partial charge in [-0.1, -0.05) is 74.1 Å². The number of alkyl halides is 1. The summed E-state index contributed by atoms with van der Waals surface area (Å²) in [6.45, 7) is 2.61. The molecular weight excluding hydrogens is 923 g/mol. The minimum atomic E-state index is -5.57. The Bertz CT molecular complexity index is 1860. The standard InChI is InChI=1S/C29H49BrN7O17P3S/c1-4-5-6-7-8-17(30)28(42)58-12-11-32-19(38)9-10-33-26(41)23(40)29(2,3)14-51-57(48,49)54-56(46,47)50-13-18-22(53-55(43,44)45)21(39)27(52-18)37-16-36-20-24(31)34-15-35-25(20)37/h15-18,21-23,27,39-40H,4-14H2,1-3H3,(H,32,38)(H,33,41)(H,46,47)(H,48,49)(H2,31,34,35)(H2,43,44,45)/t17?,18-,21-,22-,23+,27-/m1/s1. The van der Waals surface area contributed by atoms with Gasteiger partial charge in [0.1, 0.15) is 36.3 Å². The summed E-state index contributed by atoms with van der Waals surface area (Å²) in [7, 11) is -16.4. The van der Waals surface area contributed by atoms with E-state index in [-0.39, 0.29) is 46.4 Å². The predicted molar refractivity (Wildman–Crippen MR) is 209 cm³/mol. The third-order valence-electron chi connectivity index (χ3n) is 8.31. The fourth-order valence-corrected chi connectivity index (χ4v) is 9.49. The lowest BCUT2D eigenvalue weighted by Crippen LogP contribution is -2.46. The third-order valence-corrected chi connectivity index (χ3v) is 13.6. The van der Waals surface area contributed by atoms with Crippen LogP contribution in [-0.2, 0) is 50.7 Å². The van der Waals surface area contributed by atoms with Crippen LogP contribution in [0.2, 0.25) is 0 Å². The van der Waals surface area contributed by atoms with Crippen LogP contribution >= 0.6 is 51.2 Å². The number of amides is 2. The minimum Gasteiger partial charge on any atom is -0.386 e. The molecule has 58 heavy (non-hydrogen) atoms. The van der Waals surface area contributed by atoms with Crippen LogP contribution in [0.4, 0.5) is 5.82 Å². The van der Waals surface area contributed by atoms with Gasteiger partial charge in [-0.2, -0.15) is 4.31 Å². The molecule has 24 nitrogen and oxygen atoms in total. The number of hydrogen-bond acceptors (Lipinski definition) is 18. The number of nitrogen functional groups attached to an aromatic ring is 1. The number of aliphatic hydroxyl groups is 2. The molecule has 0 radical (unpaired) electrons. The molecule has 1 fully saturated rings. The summed E-state index contributed by atoms with van der Waals surface area (Å²) in [5.41, 5.74) is 4.27. The number of hydrogen-bond donors (Lipinski definition) is 9. The van der Waals surface area contributed by atoms with E-state index in [2.05, 4.69) is 57.3 Å². The molecule has 3 rings (SSSR count). The van der Waals surface area contributed by atoms with Crippen molar-refractivity contribution < 1.29 is 80.5 Å². The number of carbonyl (C=O) groups is 3. The highest BCUT2D eigenvalue weighted by atomic mass is 79.9. The van der Waals surface area contributed by atoms with E-state index < -0.39 is 84.6 Å². The average molecular weight is 973 g/mol. The van der Waals surface area contributed by atoms with Crippen LogP contribution < -0.4 is 16.4 Å². The van der Waals surface area contributed by atoms with Gasteiger partial charge in [-0.05, 0) is 6.42 Å². The van der Waals surface area contributed by atoms with Crippen LogP contribution in [0.3, 0.4) is 0 Å². The quantitative estimate of drug-likeness (QED) is 0.0386. The molecule has 0 saturated carbocycles. The van der Waals surface area contributed by atoms with Crippen molar-refractivity contribution in [3.8, 4) is 0 Å². The predicted octanol–water partition coefficient (Wildman–Crippen LogP) is 1.40. The minimum absolute atomic E-state index is 0.0253. The molecule has 2 aromatic heterocycles. The number of anilines is 1. The van der Waals surface area contributed by atoms with Crippen molar-refractivity contribution in [2.45, 2.75) is 94.8 Å². The third kappa shape index (κ3) is 15.8. The number of nitrogens with two attached hydrogens (primary N) is 1. The number of unbranched alkanes of at least 4 members (excludes halogenated alkanes) is 3. The number of fused-ring (bicyclic) bond motifs is 1. The number of thioether (sulfide) groups is 1. The topological polar surface area (TPSA) is 364 Å². The molecular formula is C29H49BrN7O17P3S. The number of nitrogens with zero attached hydrogens (tertiary/aromatic N) is 4. The Morgan fingerprint density at radius 3 is 2.41 bits per heavy atom. The average Bonchev–Trinajstić information content (AvgIpc) is 3.69. The Hall–Kier alpha value is -1.96. The van der Waals surface area contributed by atoms with E-state index in [1.807, 2.05) is 0 Å². The first-order valence-electron chi connectivity index (χ1n) is 17.7. The Kier molecular flexibility index (Phi) is 19.3. The summed E-state index contributed by atoms with van der Waals surface area (Å²) in [6.07, 6.45) is -1.97. The molecule has 0 spiro atoms. The molecule has 0 bridgehead atoms. The maximum atomic E-state index is 12.7. The molecule has 2 aromatic rings. The molecule has 2 amide bonds. The van der Waals surface area contributed by atoms with Gasteiger partial charge in [-0.3, -0.25) is 32.5 Å². The van der Waals surface area contributed by atoms with Gasteiger partial charge >= 0.3 is 23.5 Å². The number of nitrogens with one attached hydrogen (secondary N) is 2. The number of imidazole rings is 1. The molecule has 330 valence electrons. The van der Waals surface area contributed by atoms with E-state index in [1.165, 1.54) is 13.8 Å². The smallest absolute Gasteiger partial charge is 0.386 e. The molecule has 0 aromatic carbocycles. The molecule has 0 aliphatic carbocycles. The first-order valence-corrected chi connectivity index (χ1v) is 24.1. The molecule has 1 aliphatic heterocycles. The molecule has 1 saturated heterocycles. The zero-order valence-corrected chi connectivity index (χ0v) is 36.7. The van der Waals surface area contributed by atoms with Crippen molar-refractivity contribution >= 4 is 85.1 Å². The highest BCUT2D eigenvalue weighted by Crippen LogP contribution is 2.61. The maximum Gasteiger partial charge on any atom is 0.481 e. The van der Waals surface area contributed by atoms with Crippen LogP contribution in [-0.4, -0.2) is 128 Å². The van der Waals surface area contributed by atoms with Crippen LogP contribution in [0.1, 0.15) is 65.5 Å². The van der Waals surface area contributed by atoms with E-state index in [9.17, 15) is 57.9 Å². The van der Waals surface area contributed by atoms with E-state index in [0.29, 0.717) is 5.75 Å². The Morgan fingerprint density at radius 1 is 1.05 bits per heavy atom. The van der Waals surface area contributed by atoms with E-state index in [4.69, 9.17) is 19.5 Å². The van der Waals surface area contributed by atoms with Crippen molar-refractivity contribution in [3.05, 3.63) is 12.7 Å². The summed E-state index contributed by atoms with van der Waals surface area (Å²) >= 11 is 4.49. The highest BCUT2D eigenvalue weighted by Gasteiger charge is 2.50. The van der Waals surface area contributed by atoms with Gasteiger partial charge in [0.05, 0.1) is 24.4 Å². The number of aromatic nitrogens is 4. The number of carbonyl (C=O) groups excluding carboxylic acids is 3. The molecule has 29 heteroatoms. The summed E-state index contributed by atoms with van der Waals surface area (Å²) < 4.78 is 62.2. The second-order valence-corrected chi connectivity index (χ2v) is 20.0.